The van der Waals surface area contributed by atoms with Crippen LogP contribution in [0.5, 0.6) is 0 Å². The molecule has 84 valence electrons. The first kappa shape index (κ1) is 13.4. The Balaban J connectivity index is 4.02. The Labute approximate surface area is 83.9 Å². The smallest absolute Gasteiger partial charge is 0.310 e. The van der Waals surface area contributed by atoms with Crippen molar-refractivity contribution in [1.82, 2.24) is 0 Å². The molecule has 0 spiro atoms. The van der Waals surface area contributed by atoms with Crippen LogP contribution in [0, 0.1) is 5.41 Å². The molecule has 0 aliphatic carbocycles. The van der Waals surface area contributed by atoms with Crippen molar-refractivity contribution in [2.24, 2.45) is 11.1 Å². The molecule has 1 atom stereocenters. The molecule has 0 rings (SSSR count). The second kappa shape index (κ2) is 6.75. The molecule has 0 saturated heterocycles. The first-order valence-corrected chi connectivity index (χ1v) is 4.75. The van der Waals surface area contributed by atoms with Crippen LogP contribution in [-0.2, 0) is 9.53 Å². The summed E-state index contributed by atoms with van der Waals surface area (Å²) in [5.74, 6) is -0.880. The third-order valence-corrected chi connectivity index (χ3v) is 2.48. The predicted molar refractivity (Wildman–Crippen MR) is 51.9 cm³/mol. The van der Waals surface area contributed by atoms with Crippen molar-refractivity contribution in [3.05, 3.63) is 0 Å². The third kappa shape index (κ3) is 3.61. The van der Waals surface area contributed by atoms with Gasteiger partial charge in [-0.2, -0.15) is 0 Å². The number of aliphatic carboxylic acids is 1. The molecule has 0 aromatic heterocycles. The lowest BCUT2D eigenvalue weighted by Crippen LogP contribution is -2.39. The molecule has 14 heavy (non-hydrogen) atoms. The largest absolute Gasteiger partial charge is 0.481 e. The van der Waals surface area contributed by atoms with Gasteiger partial charge in [0.25, 0.3) is 0 Å². The Bertz CT molecular complexity index is 168. The molecule has 5 heteroatoms. The summed E-state index contributed by atoms with van der Waals surface area (Å²) < 4.78 is 5.02. The Hall–Kier alpha value is -0.650. The van der Waals surface area contributed by atoms with Crippen LogP contribution in [0.15, 0.2) is 0 Å². The molecule has 0 aromatic carbocycles. The van der Waals surface area contributed by atoms with Gasteiger partial charge in [0, 0.05) is 13.2 Å². The Morgan fingerprint density at radius 3 is 2.50 bits per heavy atom. The number of aliphatic hydroxyl groups is 1. The lowest BCUT2D eigenvalue weighted by Gasteiger charge is -2.25. The fourth-order valence-electron chi connectivity index (χ4n) is 1.20. The van der Waals surface area contributed by atoms with Gasteiger partial charge >= 0.3 is 5.97 Å². The minimum atomic E-state index is -0.880. The van der Waals surface area contributed by atoms with E-state index < -0.39 is 11.4 Å². The number of carboxylic acids is 1. The van der Waals surface area contributed by atoms with Crippen molar-refractivity contribution in [3.63, 3.8) is 0 Å². The van der Waals surface area contributed by atoms with E-state index in [1.165, 1.54) is 0 Å². The molecular weight excluding hydrogens is 186 g/mol. The van der Waals surface area contributed by atoms with Crippen molar-refractivity contribution < 1.29 is 19.7 Å². The van der Waals surface area contributed by atoms with Crippen LogP contribution < -0.4 is 5.73 Å². The molecular formula is C9H19NO4. The molecule has 4 N–H and O–H groups in total. The van der Waals surface area contributed by atoms with E-state index in [4.69, 9.17) is 20.7 Å². The van der Waals surface area contributed by atoms with Crippen molar-refractivity contribution in [2.45, 2.75) is 19.8 Å². The highest BCUT2D eigenvalue weighted by Crippen LogP contribution is 2.25. The lowest BCUT2D eigenvalue weighted by atomic mass is 9.82. The molecule has 0 aliphatic heterocycles. The molecule has 0 heterocycles. The van der Waals surface area contributed by atoms with Gasteiger partial charge in [0.05, 0.1) is 18.6 Å². The molecule has 0 fully saturated rings. The van der Waals surface area contributed by atoms with Gasteiger partial charge in [0.1, 0.15) is 0 Å². The zero-order valence-corrected chi connectivity index (χ0v) is 8.53. The summed E-state index contributed by atoms with van der Waals surface area (Å²) in [6, 6.07) is 0. The van der Waals surface area contributed by atoms with E-state index in [2.05, 4.69) is 0 Å². The number of ether oxygens (including phenoxy) is 1. The summed E-state index contributed by atoms with van der Waals surface area (Å²) in [5, 5.41) is 17.4. The summed E-state index contributed by atoms with van der Waals surface area (Å²) in [4.78, 5) is 11.0. The second-order valence-electron chi connectivity index (χ2n) is 3.23. The molecule has 0 radical (unpaired) electrons. The first-order chi connectivity index (χ1) is 6.63. The fraction of sp³-hybridized carbons (Fsp3) is 0.889. The van der Waals surface area contributed by atoms with E-state index in [9.17, 15) is 4.79 Å². The Morgan fingerprint density at radius 1 is 1.50 bits per heavy atom. The molecule has 1 unspecified atom stereocenters. The molecule has 0 amide bonds. The van der Waals surface area contributed by atoms with Crippen LogP contribution in [0.25, 0.3) is 0 Å². The van der Waals surface area contributed by atoms with E-state index in [1.54, 1.807) is 6.92 Å². The number of carbonyl (C=O) groups is 1. The highest BCUT2D eigenvalue weighted by atomic mass is 16.5. The van der Waals surface area contributed by atoms with Gasteiger partial charge < -0.3 is 20.7 Å². The molecule has 0 bridgehead atoms. The van der Waals surface area contributed by atoms with Crippen LogP contribution >= 0.6 is 0 Å². The van der Waals surface area contributed by atoms with Crippen LogP contribution in [0.3, 0.4) is 0 Å². The average Bonchev–Trinajstić information content (AvgIpc) is 2.18. The Kier molecular flexibility index (Phi) is 6.44. The molecule has 0 aliphatic rings. The lowest BCUT2D eigenvalue weighted by molar-refractivity contribution is -0.149. The maximum absolute atomic E-state index is 11.0. The Morgan fingerprint density at radius 2 is 2.14 bits per heavy atom. The summed E-state index contributed by atoms with van der Waals surface area (Å²) in [5.41, 5.74) is 4.57. The minimum Gasteiger partial charge on any atom is -0.481 e. The van der Waals surface area contributed by atoms with Gasteiger partial charge in [0.2, 0.25) is 0 Å². The molecule has 0 saturated carbocycles. The highest BCUT2D eigenvalue weighted by molar-refractivity contribution is 5.74. The van der Waals surface area contributed by atoms with Crippen LogP contribution in [0.2, 0.25) is 0 Å². The van der Waals surface area contributed by atoms with Crippen LogP contribution in [0.4, 0.5) is 0 Å². The maximum Gasteiger partial charge on any atom is 0.310 e. The monoisotopic (exact) mass is 205 g/mol. The van der Waals surface area contributed by atoms with Crippen LogP contribution in [-0.4, -0.2) is 42.5 Å². The van der Waals surface area contributed by atoms with Crippen LogP contribution in [0.1, 0.15) is 19.8 Å². The van der Waals surface area contributed by atoms with Crippen molar-refractivity contribution in [3.8, 4) is 0 Å². The third-order valence-electron chi connectivity index (χ3n) is 2.48. The van der Waals surface area contributed by atoms with Crippen molar-refractivity contribution >= 4 is 5.97 Å². The fourth-order valence-corrected chi connectivity index (χ4v) is 1.20. The van der Waals surface area contributed by atoms with Gasteiger partial charge in [0.15, 0.2) is 0 Å². The van der Waals surface area contributed by atoms with Gasteiger partial charge in [-0.25, -0.2) is 0 Å². The van der Waals surface area contributed by atoms with Gasteiger partial charge in [-0.3, -0.25) is 4.79 Å². The van der Waals surface area contributed by atoms with Gasteiger partial charge in [-0.05, 0) is 12.8 Å². The summed E-state index contributed by atoms with van der Waals surface area (Å²) in [6.07, 6.45) is 0.872. The number of hydrogen-bond acceptors (Lipinski definition) is 4. The SMILES string of the molecule is CCC(CN)(CCOCCO)C(=O)O. The molecule has 0 aromatic rings. The van der Waals surface area contributed by atoms with E-state index in [-0.39, 0.29) is 19.8 Å². The van der Waals surface area contributed by atoms with Crippen molar-refractivity contribution in [1.29, 1.82) is 0 Å². The maximum atomic E-state index is 11.0. The average molecular weight is 205 g/mol. The second-order valence-corrected chi connectivity index (χ2v) is 3.23. The number of rotatable bonds is 8. The summed E-state index contributed by atoms with van der Waals surface area (Å²) in [6.45, 7) is 2.42. The van der Waals surface area contributed by atoms with E-state index in [0.717, 1.165) is 0 Å². The summed E-state index contributed by atoms with van der Waals surface area (Å²) in [7, 11) is 0. The van der Waals surface area contributed by atoms with E-state index in [1.807, 2.05) is 0 Å². The summed E-state index contributed by atoms with van der Waals surface area (Å²) >= 11 is 0. The first-order valence-electron chi connectivity index (χ1n) is 4.75. The number of hydrogen-bond donors (Lipinski definition) is 3. The topological polar surface area (TPSA) is 92.8 Å². The number of carboxylic acid groups (broad SMARTS) is 1. The number of aliphatic hydroxyl groups excluding tert-OH is 1. The minimum absolute atomic E-state index is 0.0468. The van der Waals surface area contributed by atoms with Gasteiger partial charge in [-0.15, -0.1) is 0 Å². The standard InChI is InChI=1S/C9H19NO4/c1-2-9(7-10,8(12)13)3-5-14-6-4-11/h11H,2-7,10H2,1H3,(H,12,13). The predicted octanol–water partition coefficient (Wildman–Crippen LogP) is -0.175. The van der Waals surface area contributed by atoms with E-state index >= 15 is 0 Å². The number of nitrogens with two attached hydrogens (primary N) is 1. The van der Waals surface area contributed by atoms with Gasteiger partial charge in [-0.1, -0.05) is 6.92 Å². The van der Waals surface area contributed by atoms with E-state index in [0.29, 0.717) is 19.4 Å². The normalized spacial score (nSPS) is 15.1. The quantitative estimate of drug-likeness (QED) is 0.478. The molecule has 5 nitrogen and oxygen atoms in total. The zero-order chi connectivity index (χ0) is 11.0. The zero-order valence-electron chi connectivity index (χ0n) is 8.53. The highest BCUT2D eigenvalue weighted by Gasteiger charge is 2.34. The van der Waals surface area contributed by atoms with Crippen molar-refractivity contribution in [2.75, 3.05) is 26.4 Å².